The fraction of sp³-hybridized carbons (Fsp3) is 0.0556. The molecular weight excluding hydrogens is 264 g/mol. The molecule has 3 nitrogen and oxygen atoms in total. The first-order valence-electron chi connectivity index (χ1n) is 6.57. The van der Waals surface area contributed by atoms with Gasteiger partial charge in [-0.2, -0.15) is 0 Å². The molecule has 2 aromatic rings. The molecule has 0 fully saturated rings. The van der Waals surface area contributed by atoms with E-state index in [1.54, 1.807) is 24.3 Å². The van der Waals surface area contributed by atoms with E-state index in [9.17, 15) is 9.90 Å². The Hall–Kier alpha value is -2.65. The molecule has 2 N–H and O–H groups in total. The van der Waals surface area contributed by atoms with Gasteiger partial charge in [-0.05, 0) is 35.4 Å². The lowest BCUT2D eigenvalue weighted by atomic mass is 10.1. The summed E-state index contributed by atoms with van der Waals surface area (Å²) >= 11 is 0. The average Bonchev–Trinajstić information content (AvgIpc) is 2.53. The highest BCUT2D eigenvalue weighted by Gasteiger charge is 1.99. The number of aliphatic hydroxyl groups is 1. The highest BCUT2D eigenvalue weighted by atomic mass is 16.3. The maximum absolute atomic E-state index is 11.7. The molecule has 21 heavy (non-hydrogen) atoms. The van der Waals surface area contributed by atoms with Crippen molar-refractivity contribution in [2.45, 2.75) is 6.61 Å². The number of aliphatic hydroxyl groups excluding tert-OH is 1. The summed E-state index contributed by atoms with van der Waals surface area (Å²) in [5.74, 6) is -0.0811. The van der Waals surface area contributed by atoms with Crippen LogP contribution in [0.1, 0.15) is 16.7 Å². The van der Waals surface area contributed by atoms with E-state index >= 15 is 0 Å². The molecular formula is C18H16O3. The number of phenols is 1. The summed E-state index contributed by atoms with van der Waals surface area (Å²) in [6.45, 7) is -0.241. The standard InChI is InChI=1S/C18H16O3/c19-13-16-12-15(8-11-18(16)21)7-10-17(20)9-6-14-4-2-1-3-5-14/h1-12,19,21H,13H2/b9-6+,10-7+. The second-order valence-electron chi connectivity index (χ2n) is 4.53. The zero-order valence-corrected chi connectivity index (χ0v) is 11.4. The molecule has 0 radical (unpaired) electrons. The zero-order chi connectivity index (χ0) is 15.1. The van der Waals surface area contributed by atoms with Crippen molar-refractivity contribution >= 4 is 17.9 Å². The lowest BCUT2D eigenvalue weighted by Gasteiger charge is -2.01. The molecule has 3 heteroatoms. The summed E-state index contributed by atoms with van der Waals surface area (Å²) in [4.78, 5) is 11.7. The van der Waals surface area contributed by atoms with E-state index in [-0.39, 0.29) is 18.1 Å². The Morgan fingerprint density at radius 1 is 0.952 bits per heavy atom. The van der Waals surface area contributed by atoms with Crippen LogP contribution in [0.3, 0.4) is 0 Å². The summed E-state index contributed by atoms with van der Waals surface area (Å²) in [5, 5.41) is 18.5. The lowest BCUT2D eigenvalue weighted by molar-refractivity contribution is -0.110. The fourth-order valence-corrected chi connectivity index (χ4v) is 1.81. The Bertz CT molecular complexity index is 670. The Labute approximate surface area is 123 Å². The maximum atomic E-state index is 11.7. The van der Waals surface area contributed by atoms with Crippen molar-refractivity contribution in [1.82, 2.24) is 0 Å². The summed E-state index contributed by atoms with van der Waals surface area (Å²) < 4.78 is 0. The number of benzene rings is 2. The quantitative estimate of drug-likeness (QED) is 0.827. The van der Waals surface area contributed by atoms with Gasteiger partial charge in [0.25, 0.3) is 0 Å². The first-order chi connectivity index (χ1) is 10.2. The smallest absolute Gasteiger partial charge is 0.178 e. The van der Waals surface area contributed by atoms with E-state index < -0.39 is 0 Å². The van der Waals surface area contributed by atoms with Gasteiger partial charge in [-0.3, -0.25) is 4.79 Å². The third-order valence-corrected chi connectivity index (χ3v) is 2.95. The lowest BCUT2D eigenvalue weighted by Crippen LogP contribution is -1.87. The zero-order valence-electron chi connectivity index (χ0n) is 11.4. The molecule has 106 valence electrons. The molecule has 2 rings (SSSR count). The number of ketones is 1. The number of aromatic hydroxyl groups is 1. The first-order valence-corrected chi connectivity index (χ1v) is 6.57. The van der Waals surface area contributed by atoms with Crippen LogP contribution in [0.5, 0.6) is 5.75 Å². The second kappa shape index (κ2) is 7.22. The Kier molecular flexibility index (Phi) is 5.07. The van der Waals surface area contributed by atoms with Crippen LogP contribution < -0.4 is 0 Å². The molecule has 0 aliphatic heterocycles. The maximum Gasteiger partial charge on any atom is 0.178 e. The summed E-state index contributed by atoms with van der Waals surface area (Å²) in [6, 6.07) is 14.4. The van der Waals surface area contributed by atoms with Crippen LogP contribution in [0, 0.1) is 0 Å². The minimum Gasteiger partial charge on any atom is -0.508 e. The number of hydrogen-bond donors (Lipinski definition) is 2. The molecule has 0 saturated carbocycles. The Balaban J connectivity index is 2.04. The van der Waals surface area contributed by atoms with Gasteiger partial charge in [0.1, 0.15) is 5.75 Å². The summed E-state index contributed by atoms with van der Waals surface area (Å²) in [5.41, 5.74) is 2.15. The van der Waals surface area contributed by atoms with E-state index in [4.69, 9.17) is 5.11 Å². The number of carbonyl (C=O) groups is 1. The molecule has 0 aliphatic carbocycles. The van der Waals surface area contributed by atoms with Gasteiger partial charge < -0.3 is 10.2 Å². The van der Waals surface area contributed by atoms with Gasteiger partial charge in [0, 0.05) is 5.56 Å². The Morgan fingerprint density at radius 2 is 1.62 bits per heavy atom. The van der Waals surface area contributed by atoms with Crippen molar-refractivity contribution in [2.75, 3.05) is 0 Å². The number of carbonyl (C=O) groups excluding carboxylic acids is 1. The first kappa shape index (κ1) is 14.8. The van der Waals surface area contributed by atoms with Crippen LogP contribution in [-0.2, 0) is 11.4 Å². The molecule has 0 unspecified atom stereocenters. The molecule has 0 aromatic heterocycles. The average molecular weight is 280 g/mol. The fourth-order valence-electron chi connectivity index (χ4n) is 1.81. The van der Waals surface area contributed by atoms with E-state index in [0.29, 0.717) is 5.56 Å². The van der Waals surface area contributed by atoms with Gasteiger partial charge in [0.2, 0.25) is 0 Å². The van der Waals surface area contributed by atoms with Crippen molar-refractivity contribution in [3.8, 4) is 5.75 Å². The third-order valence-electron chi connectivity index (χ3n) is 2.95. The topological polar surface area (TPSA) is 57.5 Å². The van der Waals surface area contributed by atoms with Crippen LogP contribution in [0.25, 0.3) is 12.2 Å². The van der Waals surface area contributed by atoms with Crippen LogP contribution in [0.15, 0.2) is 60.7 Å². The molecule has 0 heterocycles. The van der Waals surface area contributed by atoms with Crippen molar-refractivity contribution in [1.29, 1.82) is 0 Å². The minimum atomic E-state index is -0.241. The molecule has 0 amide bonds. The molecule has 0 saturated heterocycles. The second-order valence-corrected chi connectivity index (χ2v) is 4.53. The molecule has 2 aromatic carbocycles. The molecule has 0 bridgehead atoms. The Morgan fingerprint density at radius 3 is 2.29 bits per heavy atom. The highest BCUT2D eigenvalue weighted by molar-refractivity contribution is 6.04. The predicted molar refractivity (Wildman–Crippen MR) is 83.5 cm³/mol. The van der Waals surface area contributed by atoms with E-state index in [1.807, 2.05) is 30.3 Å². The predicted octanol–water partition coefficient (Wildman–Crippen LogP) is 3.18. The van der Waals surface area contributed by atoms with Gasteiger partial charge in [-0.15, -0.1) is 0 Å². The van der Waals surface area contributed by atoms with Crippen molar-refractivity contribution in [3.05, 3.63) is 77.4 Å². The number of hydrogen-bond acceptors (Lipinski definition) is 3. The largest absolute Gasteiger partial charge is 0.508 e. The van der Waals surface area contributed by atoms with Crippen molar-refractivity contribution in [2.24, 2.45) is 0 Å². The molecule has 0 atom stereocenters. The van der Waals surface area contributed by atoms with E-state index in [2.05, 4.69) is 0 Å². The number of allylic oxidation sites excluding steroid dienone is 2. The monoisotopic (exact) mass is 280 g/mol. The molecule has 0 aliphatic rings. The van der Waals surface area contributed by atoms with Crippen LogP contribution >= 0.6 is 0 Å². The highest BCUT2D eigenvalue weighted by Crippen LogP contribution is 2.19. The normalized spacial score (nSPS) is 11.3. The van der Waals surface area contributed by atoms with Gasteiger partial charge in [0.05, 0.1) is 6.61 Å². The van der Waals surface area contributed by atoms with E-state index in [1.165, 1.54) is 18.2 Å². The third kappa shape index (κ3) is 4.44. The minimum absolute atomic E-state index is 0.0462. The van der Waals surface area contributed by atoms with Crippen molar-refractivity contribution < 1.29 is 15.0 Å². The summed E-state index contributed by atoms with van der Waals surface area (Å²) in [7, 11) is 0. The van der Waals surface area contributed by atoms with Gasteiger partial charge in [-0.1, -0.05) is 48.6 Å². The number of rotatable bonds is 5. The van der Waals surface area contributed by atoms with Crippen LogP contribution in [0.4, 0.5) is 0 Å². The summed E-state index contributed by atoms with van der Waals surface area (Å²) in [6.07, 6.45) is 6.35. The van der Waals surface area contributed by atoms with Crippen molar-refractivity contribution in [3.63, 3.8) is 0 Å². The van der Waals surface area contributed by atoms with Crippen LogP contribution in [-0.4, -0.2) is 16.0 Å². The van der Waals surface area contributed by atoms with Gasteiger partial charge >= 0.3 is 0 Å². The van der Waals surface area contributed by atoms with Gasteiger partial charge in [-0.25, -0.2) is 0 Å². The SMILES string of the molecule is O=C(/C=C/c1ccccc1)/C=C/c1ccc(O)c(CO)c1. The van der Waals surface area contributed by atoms with E-state index in [0.717, 1.165) is 11.1 Å². The van der Waals surface area contributed by atoms with Gasteiger partial charge in [0.15, 0.2) is 5.78 Å². The molecule has 0 spiro atoms. The van der Waals surface area contributed by atoms with Crippen LogP contribution in [0.2, 0.25) is 0 Å².